The number of halogens is 2. The number of nitrogens with one attached hydrogen (secondary N) is 2. The number of anilines is 2. The van der Waals surface area contributed by atoms with E-state index < -0.39 is 6.43 Å². The summed E-state index contributed by atoms with van der Waals surface area (Å²) in [6.45, 7) is 4.73. The number of amides is 1. The SMILES string of the molecule is O=C(NC1CCN(c2cc(N3CCOCC3)nc(-n3c(C(F)F)nc4ccccc43)n2)CC1)C1CCCN1. The van der Waals surface area contributed by atoms with Crippen molar-refractivity contribution in [1.29, 1.82) is 0 Å². The fourth-order valence-electron chi connectivity index (χ4n) is 5.49. The van der Waals surface area contributed by atoms with Crippen LogP contribution in [-0.2, 0) is 9.53 Å². The van der Waals surface area contributed by atoms with Gasteiger partial charge in [0.2, 0.25) is 11.9 Å². The molecule has 0 radical (unpaired) electrons. The highest BCUT2D eigenvalue weighted by Gasteiger charge is 2.29. The van der Waals surface area contributed by atoms with Gasteiger partial charge in [-0.05, 0) is 44.4 Å². The molecule has 3 fully saturated rings. The number of para-hydroxylation sites is 2. The molecule has 3 saturated heterocycles. The lowest BCUT2D eigenvalue weighted by atomic mass is 10.0. The van der Waals surface area contributed by atoms with Crippen molar-refractivity contribution in [2.75, 3.05) is 55.7 Å². The Morgan fingerprint density at radius 1 is 1.00 bits per heavy atom. The Morgan fingerprint density at radius 2 is 1.71 bits per heavy atom. The second kappa shape index (κ2) is 10.8. The van der Waals surface area contributed by atoms with Crippen molar-refractivity contribution in [3.05, 3.63) is 36.2 Å². The molecule has 3 aromatic rings. The average molecular weight is 527 g/mol. The molecule has 1 aromatic carbocycles. The minimum Gasteiger partial charge on any atom is -0.378 e. The summed E-state index contributed by atoms with van der Waals surface area (Å²) in [5.74, 6) is 1.23. The third-order valence-electron chi connectivity index (χ3n) is 7.55. The lowest BCUT2D eigenvalue weighted by Crippen LogP contribution is -2.49. The lowest BCUT2D eigenvalue weighted by molar-refractivity contribution is -0.123. The maximum atomic E-state index is 14.1. The van der Waals surface area contributed by atoms with Gasteiger partial charge < -0.3 is 25.2 Å². The summed E-state index contributed by atoms with van der Waals surface area (Å²) in [4.78, 5) is 30.5. The van der Waals surface area contributed by atoms with Crippen LogP contribution in [0.1, 0.15) is 37.9 Å². The van der Waals surface area contributed by atoms with Crippen molar-refractivity contribution in [3.63, 3.8) is 0 Å². The highest BCUT2D eigenvalue weighted by atomic mass is 19.3. The number of rotatable bonds is 6. The molecule has 5 heterocycles. The Bertz CT molecular complexity index is 1280. The number of carbonyl (C=O) groups excluding carboxylic acids is 1. The van der Waals surface area contributed by atoms with Crippen molar-refractivity contribution in [2.24, 2.45) is 0 Å². The number of morpholine rings is 1. The lowest BCUT2D eigenvalue weighted by Gasteiger charge is -2.34. The molecule has 3 aliphatic heterocycles. The summed E-state index contributed by atoms with van der Waals surface area (Å²) in [5.41, 5.74) is 1.01. The van der Waals surface area contributed by atoms with Crippen LogP contribution in [0.15, 0.2) is 30.3 Å². The van der Waals surface area contributed by atoms with E-state index in [9.17, 15) is 13.6 Å². The maximum absolute atomic E-state index is 14.1. The Labute approximate surface area is 219 Å². The number of carbonyl (C=O) groups is 1. The Balaban J connectivity index is 1.30. The van der Waals surface area contributed by atoms with E-state index in [1.165, 1.54) is 4.57 Å². The Kier molecular flexibility index (Phi) is 7.07. The van der Waals surface area contributed by atoms with E-state index in [0.717, 1.165) is 32.2 Å². The number of ether oxygens (including phenoxy) is 1. The van der Waals surface area contributed by atoms with E-state index in [2.05, 4.69) is 25.4 Å². The van der Waals surface area contributed by atoms with E-state index in [1.807, 2.05) is 6.07 Å². The summed E-state index contributed by atoms with van der Waals surface area (Å²) in [6, 6.07) is 8.97. The molecule has 1 unspecified atom stereocenters. The fraction of sp³-hybridized carbons (Fsp3) is 0.538. The molecular formula is C26H32F2N8O2. The molecular weight excluding hydrogens is 494 g/mol. The van der Waals surface area contributed by atoms with Gasteiger partial charge in [-0.2, -0.15) is 9.97 Å². The van der Waals surface area contributed by atoms with Crippen LogP contribution in [0.5, 0.6) is 0 Å². The summed E-state index contributed by atoms with van der Waals surface area (Å²) in [7, 11) is 0. The zero-order valence-corrected chi connectivity index (χ0v) is 21.2. The van der Waals surface area contributed by atoms with Gasteiger partial charge in [-0.1, -0.05) is 12.1 Å². The third kappa shape index (κ3) is 5.02. The minimum absolute atomic E-state index is 0.0754. The summed E-state index contributed by atoms with van der Waals surface area (Å²) < 4.78 is 35.1. The largest absolute Gasteiger partial charge is 0.378 e. The van der Waals surface area contributed by atoms with Gasteiger partial charge in [0.05, 0.1) is 30.3 Å². The predicted octanol–water partition coefficient (Wildman–Crippen LogP) is 2.43. The van der Waals surface area contributed by atoms with Crippen molar-refractivity contribution >= 4 is 28.6 Å². The molecule has 2 N–H and O–H groups in total. The van der Waals surface area contributed by atoms with Crippen molar-refractivity contribution in [2.45, 2.75) is 44.2 Å². The van der Waals surface area contributed by atoms with Gasteiger partial charge in [-0.15, -0.1) is 0 Å². The van der Waals surface area contributed by atoms with Crippen LogP contribution in [0.2, 0.25) is 0 Å². The number of hydrogen-bond donors (Lipinski definition) is 2. The smallest absolute Gasteiger partial charge is 0.296 e. The highest BCUT2D eigenvalue weighted by Crippen LogP contribution is 2.30. The first-order valence-corrected chi connectivity index (χ1v) is 13.3. The topological polar surface area (TPSA) is 100 Å². The zero-order valence-electron chi connectivity index (χ0n) is 21.2. The standard InChI is InChI=1S/C26H32F2N8O2/c27-23(28)24-31-18-4-1-2-6-20(18)36(24)26-32-21(16-22(33-26)35-12-14-38-15-13-35)34-10-7-17(8-11-34)30-25(37)19-5-3-9-29-19/h1-2,4,6,16-17,19,23,29H,3,5,7-15H2,(H,30,37). The van der Waals surface area contributed by atoms with Crippen LogP contribution in [0.25, 0.3) is 17.0 Å². The van der Waals surface area contributed by atoms with E-state index in [4.69, 9.17) is 14.7 Å². The zero-order chi connectivity index (χ0) is 26.1. The normalized spacial score (nSPS) is 21.0. The molecule has 38 heavy (non-hydrogen) atoms. The molecule has 10 nitrogen and oxygen atoms in total. The Hall–Kier alpha value is -3.38. The number of fused-ring (bicyclic) bond motifs is 1. The molecule has 6 rings (SSSR count). The first-order valence-electron chi connectivity index (χ1n) is 13.3. The second-order valence-electron chi connectivity index (χ2n) is 10.00. The van der Waals surface area contributed by atoms with Crippen molar-refractivity contribution in [1.82, 2.24) is 30.2 Å². The molecule has 0 saturated carbocycles. The van der Waals surface area contributed by atoms with Gasteiger partial charge in [-0.3, -0.25) is 9.36 Å². The molecule has 1 amide bonds. The predicted molar refractivity (Wildman–Crippen MR) is 139 cm³/mol. The number of benzene rings is 1. The van der Waals surface area contributed by atoms with Crippen LogP contribution in [0.3, 0.4) is 0 Å². The first-order chi connectivity index (χ1) is 18.6. The summed E-state index contributed by atoms with van der Waals surface area (Å²) >= 11 is 0. The molecule has 3 aliphatic rings. The van der Waals surface area contributed by atoms with E-state index in [1.54, 1.807) is 24.3 Å². The number of nitrogens with zero attached hydrogens (tertiary/aromatic N) is 6. The molecule has 0 aliphatic carbocycles. The van der Waals surface area contributed by atoms with E-state index >= 15 is 0 Å². The van der Waals surface area contributed by atoms with Crippen molar-refractivity contribution in [3.8, 4) is 5.95 Å². The van der Waals surface area contributed by atoms with Crippen LogP contribution in [-0.4, -0.2) is 83.4 Å². The van der Waals surface area contributed by atoms with Gasteiger partial charge in [0.1, 0.15) is 11.6 Å². The number of aromatic nitrogens is 4. The van der Waals surface area contributed by atoms with E-state index in [-0.39, 0.29) is 29.8 Å². The third-order valence-corrected chi connectivity index (χ3v) is 7.55. The van der Waals surface area contributed by atoms with Gasteiger partial charge in [0.25, 0.3) is 6.43 Å². The van der Waals surface area contributed by atoms with Gasteiger partial charge in [0.15, 0.2) is 5.82 Å². The van der Waals surface area contributed by atoms with E-state index in [0.29, 0.717) is 62.1 Å². The molecule has 0 bridgehead atoms. The van der Waals surface area contributed by atoms with Gasteiger partial charge in [-0.25, -0.2) is 13.8 Å². The second-order valence-corrected chi connectivity index (χ2v) is 10.00. The van der Waals surface area contributed by atoms with Crippen LogP contribution in [0, 0.1) is 0 Å². The number of alkyl halides is 2. The van der Waals surface area contributed by atoms with Gasteiger partial charge in [0, 0.05) is 38.3 Å². The van der Waals surface area contributed by atoms with Crippen LogP contribution >= 0.6 is 0 Å². The molecule has 0 spiro atoms. The molecule has 1 atom stereocenters. The summed E-state index contributed by atoms with van der Waals surface area (Å²) in [6.07, 6.45) is 0.678. The molecule has 202 valence electrons. The first kappa shape index (κ1) is 24.9. The highest BCUT2D eigenvalue weighted by molar-refractivity contribution is 5.82. The maximum Gasteiger partial charge on any atom is 0.296 e. The molecule has 12 heteroatoms. The van der Waals surface area contributed by atoms with Gasteiger partial charge >= 0.3 is 0 Å². The quantitative estimate of drug-likeness (QED) is 0.505. The average Bonchev–Trinajstić information content (AvgIpc) is 3.63. The number of piperidine rings is 1. The monoisotopic (exact) mass is 526 g/mol. The fourth-order valence-corrected chi connectivity index (χ4v) is 5.49. The number of hydrogen-bond acceptors (Lipinski definition) is 8. The van der Waals surface area contributed by atoms with Crippen LogP contribution < -0.4 is 20.4 Å². The number of imidazole rings is 1. The Morgan fingerprint density at radius 3 is 2.39 bits per heavy atom. The molecule has 2 aromatic heterocycles. The minimum atomic E-state index is -2.78. The van der Waals surface area contributed by atoms with Crippen LogP contribution in [0.4, 0.5) is 20.4 Å². The summed E-state index contributed by atoms with van der Waals surface area (Å²) in [5, 5.41) is 6.44. The van der Waals surface area contributed by atoms with Crippen molar-refractivity contribution < 1.29 is 18.3 Å².